The van der Waals surface area contributed by atoms with Crippen LogP contribution in [0.5, 0.6) is 11.5 Å². The Bertz CT molecular complexity index is 977. The molecule has 2 aromatic rings. The number of hydrogen-bond acceptors (Lipinski definition) is 5. The molecule has 158 valence electrons. The maximum absolute atomic E-state index is 12.9. The summed E-state index contributed by atoms with van der Waals surface area (Å²) in [6.45, 7) is 3.52. The third-order valence-electron chi connectivity index (χ3n) is 4.42. The Labute approximate surface area is 176 Å². The number of carbonyl (C=O) groups excluding carboxylic acids is 1. The topological polar surface area (TPSA) is 84.9 Å². The Morgan fingerprint density at radius 1 is 1.14 bits per heavy atom. The molecule has 0 radical (unpaired) electrons. The van der Waals surface area contributed by atoms with Crippen molar-refractivity contribution in [3.8, 4) is 11.5 Å². The van der Waals surface area contributed by atoms with Crippen LogP contribution in [0.15, 0.2) is 36.4 Å². The molecule has 0 aliphatic heterocycles. The number of methoxy groups -OCH3 is 2. The fourth-order valence-corrected chi connectivity index (χ4v) is 4.29. The van der Waals surface area contributed by atoms with E-state index in [9.17, 15) is 13.2 Å². The number of aryl methyl sites for hydroxylation is 1. The van der Waals surface area contributed by atoms with Crippen LogP contribution in [-0.2, 0) is 21.2 Å². The molecule has 1 amide bonds. The first-order chi connectivity index (χ1) is 13.6. The summed E-state index contributed by atoms with van der Waals surface area (Å²) in [4.78, 5) is 12.9. The molecule has 2 aromatic carbocycles. The summed E-state index contributed by atoms with van der Waals surface area (Å²) < 4.78 is 36.4. The molecule has 0 fully saturated rings. The minimum absolute atomic E-state index is 0.320. The van der Waals surface area contributed by atoms with E-state index in [2.05, 4.69) is 5.32 Å². The number of sulfonamides is 1. The van der Waals surface area contributed by atoms with Gasteiger partial charge in [0.15, 0.2) is 0 Å². The Kier molecular flexibility index (Phi) is 7.37. The van der Waals surface area contributed by atoms with Crippen LogP contribution in [0.4, 0.5) is 11.4 Å². The fourth-order valence-electron chi connectivity index (χ4n) is 2.88. The summed E-state index contributed by atoms with van der Waals surface area (Å²) in [5.74, 6) is 0.151. The molecule has 0 saturated heterocycles. The number of nitrogens with zero attached hydrogens (tertiary/aromatic N) is 1. The lowest BCUT2D eigenvalue weighted by molar-refractivity contribution is -0.116. The van der Waals surface area contributed by atoms with Gasteiger partial charge in [-0.25, -0.2) is 8.42 Å². The second-order valence-corrected chi connectivity index (χ2v) is 8.70. The van der Waals surface area contributed by atoms with Gasteiger partial charge in [-0.2, -0.15) is 0 Å². The van der Waals surface area contributed by atoms with E-state index in [1.54, 1.807) is 12.1 Å². The van der Waals surface area contributed by atoms with Crippen molar-refractivity contribution in [1.29, 1.82) is 0 Å². The lowest BCUT2D eigenvalue weighted by Crippen LogP contribution is -2.45. The van der Waals surface area contributed by atoms with Crippen LogP contribution < -0.4 is 19.1 Å². The zero-order chi connectivity index (χ0) is 21.8. The SMILES string of the molecule is CCc1ccc(N(C(C)C(=O)Nc2cc(OC)c(Cl)cc2OC)S(C)(=O)=O)cc1. The molecule has 0 bridgehead atoms. The van der Waals surface area contributed by atoms with Gasteiger partial charge in [-0.1, -0.05) is 30.7 Å². The number of nitrogens with one attached hydrogen (secondary N) is 1. The van der Waals surface area contributed by atoms with Gasteiger partial charge in [0.2, 0.25) is 15.9 Å². The fraction of sp³-hybridized carbons (Fsp3) is 0.350. The zero-order valence-corrected chi connectivity index (χ0v) is 18.6. The predicted molar refractivity (Wildman–Crippen MR) is 116 cm³/mol. The van der Waals surface area contributed by atoms with E-state index >= 15 is 0 Å². The van der Waals surface area contributed by atoms with Crippen molar-refractivity contribution in [1.82, 2.24) is 0 Å². The van der Waals surface area contributed by atoms with Gasteiger partial charge in [0.25, 0.3) is 0 Å². The molecular formula is C20H25ClN2O5S. The zero-order valence-electron chi connectivity index (χ0n) is 17.0. The minimum atomic E-state index is -3.71. The van der Waals surface area contributed by atoms with Gasteiger partial charge in [-0.05, 0) is 31.0 Å². The largest absolute Gasteiger partial charge is 0.495 e. The Morgan fingerprint density at radius 3 is 2.21 bits per heavy atom. The minimum Gasteiger partial charge on any atom is -0.495 e. The summed E-state index contributed by atoms with van der Waals surface area (Å²) >= 11 is 6.09. The Balaban J connectivity index is 2.37. The lowest BCUT2D eigenvalue weighted by Gasteiger charge is -2.28. The van der Waals surface area contributed by atoms with E-state index in [1.807, 2.05) is 19.1 Å². The monoisotopic (exact) mass is 440 g/mol. The summed E-state index contributed by atoms with van der Waals surface area (Å²) in [6.07, 6.45) is 1.89. The van der Waals surface area contributed by atoms with Gasteiger partial charge in [-0.15, -0.1) is 0 Å². The van der Waals surface area contributed by atoms with E-state index in [0.29, 0.717) is 27.9 Å². The van der Waals surface area contributed by atoms with Gasteiger partial charge in [0, 0.05) is 12.1 Å². The van der Waals surface area contributed by atoms with Crippen molar-refractivity contribution in [3.63, 3.8) is 0 Å². The van der Waals surface area contributed by atoms with E-state index < -0.39 is 22.0 Å². The number of anilines is 2. The molecule has 2 rings (SSSR count). The van der Waals surface area contributed by atoms with E-state index in [-0.39, 0.29) is 0 Å². The number of halogens is 1. The van der Waals surface area contributed by atoms with E-state index in [1.165, 1.54) is 33.3 Å². The number of amides is 1. The highest BCUT2D eigenvalue weighted by molar-refractivity contribution is 7.92. The molecule has 0 spiro atoms. The number of hydrogen-bond donors (Lipinski definition) is 1. The molecule has 29 heavy (non-hydrogen) atoms. The quantitative estimate of drug-likeness (QED) is 0.676. The van der Waals surface area contributed by atoms with Gasteiger partial charge in [-0.3, -0.25) is 9.10 Å². The molecule has 1 N–H and O–H groups in total. The first-order valence-electron chi connectivity index (χ1n) is 8.93. The van der Waals surface area contributed by atoms with Gasteiger partial charge in [0.05, 0.1) is 36.9 Å². The third kappa shape index (κ3) is 5.33. The van der Waals surface area contributed by atoms with Crippen molar-refractivity contribution >= 4 is 38.9 Å². The Morgan fingerprint density at radius 2 is 1.72 bits per heavy atom. The van der Waals surface area contributed by atoms with Gasteiger partial charge >= 0.3 is 0 Å². The highest BCUT2D eigenvalue weighted by Gasteiger charge is 2.29. The molecule has 0 aromatic heterocycles. The standard InChI is InChI=1S/C20H25ClN2O5S/c1-6-14-7-9-15(10-8-14)23(29(5,25)26)13(2)20(24)22-17-12-18(27-3)16(21)11-19(17)28-4/h7-13H,6H2,1-5H3,(H,22,24). The summed E-state index contributed by atoms with van der Waals surface area (Å²) in [6, 6.07) is 9.08. The summed E-state index contributed by atoms with van der Waals surface area (Å²) in [5.41, 5.74) is 1.80. The molecule has 7 nitrogen and oxygen atoms in total. The summed E-state index contributed by atoms with van der Waals surface area (Å²) in [5, 5.41) is 3.02. The second-order valence-electron chi connectivity index (χ2n) is 6.43. The second kappa shape index (κ2) is 9.37. The lowest BCUT2D eigenvalue weighted by atomic mass is 10.1. The van der Waals surface area contributed by atoms with Crippen molar-refractivity contribution in [2.24, 2.45) is 0 Å². The smallest absolute Gasteiger partial charge is 0.248 e. The molecule has 0 aliphatic carbocycles. The predicted octanol–water partition coefficient (Wildman–Crippen LogP) is 3.71. The first-order valence-corrected chi connectivity index (χ1v) is 11.2. The van der Waals surface area contributed by atoms with Crippen molar-refractivity contribution in [2.45, 2.75) is 26.3 Å². The molecule has 0 aliphatic rings. The highest BCUT2D eigenvalue weighted by atomic mass is 35.5. The van der Waals surface area contributed by atoms with E-state index in [4.69, 9.17) is 21.1 Å². The maximum Gasteiger partial charge on any atom is 0.248 e. The maximum atomic E-state index is 12.9. The van der Waals surface area contributed by atoms with Crippen molar-refractivity contribution in [2.75, 3.05) is 30.1 Å². The molecular weight excluding hydrogens is 416 g/mol. The third-order valence-corrected chi connectivity index (χ3v) is 5.96. The molecule has 9 heteroatoms. The average molecular weight is 441 g/mol. The van der Waals surface area contributed by atoms with Crippen LogP contribution in [-0.4, -0.2) is 40.8 Å². The van der Waals surface area contributed by atoms with Crippen LogP contribution in [0.1, 0.15) is 19.4 Å². The van der Waals surface area contributed by atoms with Crippen LogP contribution in [0.3, 0.4) is 0 Å². The molecule has 0 saturated carbocycles. The van der Waals surface area contributed by atoms with Crippen molar-refractivity contribution < 1.29 is 22.7 Å². The summed E-state index contributed by atoms with van der Waals surface area (Å²) in [7, 11) is -0.822. The van der Waals surface area contributed by atoms with Crippen LogP contribution in [0, 0.1) is 0 Å². The van der Waals surface area contributed by atoms with Crippen LogP contribution >= 0.6 is 11.6 Å². The normalized spacial score (nSPS) is 12.2. The van der Waals surface area contributed by atoms with Crippen molar-refractivity contribution in [3.05, 3.63) is 47.0 Å². The number of ether oxygens (including phenoxy) is 2. The van der Waals surface area contributed by atoms with Gasteiger partial charge in [0.1, 0.15) is 17.5 Å². The number of benzene rings is 2. The van der Waals surface area contributed by atoms with E-state index in [0.717, 1.165) is 22.5 Å². The average Bonchev–Trinajstić information content (AvgIpc) is 2.68. The molecule has 0 heterocycles. The molecule has 1 atom stereocenters. The van der Waals surface area contributed by atoms with Crippen LogP contribution in [0.2, 0.25) is 5.02 Å². The molecule has 1 unspecified atom stereocenters. The van der Waals surface area contributed by atoms with Gasteiger partial charge < -0.3 is 14.8 Å². The Hall–Kier alpha value is -2.45. The van der Waals surface area contributed by atoms with Crippen LogP contribution in [0.25, 0.3) is 0 Å². The number of rotatable bonds is 8. The highest BCUT2D eigenvalue weighted by Crippen LogP contribution is 2.36. The number of carbonyl (C=O) groups is 1. The first kappa shape index (κ1) is 22.8.